The number of hydrogen-bond acceptors (Lipinski definition) is 4. The van der Waals surface area contributed by atoms with Crippen molar-refractivity contribution >= 4 is 23.4 Å². The van der Waals surface area contributed by atoms with Gasteiger partial charge in [0.1, 0.15) is 5.82 Å². The van der Waals surface area contributed by atoms with Gasteiger partial charge in [0.25, 0.3) is 0 Å². The Balaban J connectivity index is 1.50. The summed E-state index contributed by atoms with van der Waals surface area (Å²) in [6.45, 7) is 3.00. The number of pyridine rings is 1. The molecule has 1 aromatic carbocycles. The van der Waals surface area contributed by atoms with Crippen LogP contribution in [0.4, 0.5) is 10.1 Å². The molecule has 23 heavy (non-hydrogen) atoms. The largest absolute Gasteiger partial charge is 0.368 e. The minimum atomic E-state index is -0.271. The molecule has 0 bridgehead atoms. The molecule has 4 nitrogen and oxygen atoms in total. The van der Waals surface area contributed by atoms with E-state index in [0.29, 0.717) is 18.0 Å². The van der Waals surface area contributed by atoms with Gasteiger partial charge in [-0.2, -0.15) is 0 Å². The Morgan fingerprint density at radius 1 is 1.09 bits per heavy atom. The quantitative estimate of drug-likeness (QED) is 0.807. The van der Waals surface area contributed by atoms with Crippen LogP contribution in [0.1, 0.15) is 0 Å². The van der Waals surface area contributed by atoms with Crippen LogP contribution >= 0.6 is 11.8 Å². The summed E-state index contributed by atoms with van der Waals surface area (Å²) in [4.78, 5) is 20.9. The fraction of sp³-hybridized carbons (Fsp3) is 0.294. The lowest BCUT2D eigenvalue weighted by molar-refractivity contribution is -0.128. The van der Waals surface area contributed by atoms with E-state index < -0.39 is 0 Å². The number of piperazine rings is 1. The molecular weight excluding hydrogens is 313 g/mol. The van der Waals surface area contributed by atoms with Crippen molar-refractivity contribution in [1.29, 1.82) is 0 Å². The lowest BCUT2D eigenvalue weighted by atomic mass is 10.2. The van der Waals surface area contributed by atoms with Gasteiger partial charge in [0.15, 0.2) is 0 Å². The summed E-state index contributed by atoms with van der Waals surface area (Å²) in [5.41, 5.74) is 1.13. The molecule has 0 saturated carbocycles. The maximum Gasteiger partial charge on any atom is 0.233 e. The topological polar surface area (TPSA) is 36.4 Å². The molecule has 0 spiro atoms. The van der Waals surface area contributed by atoms with E-state index in [1.54, 1.807) is 30.6 Å². The zero-order valence-electron chi connectivity index (χ0n) is 12.7. The predicted molar refractivity (Wildman–Crippen MR) is 90.2 cm³/mol. The summed E-state index contributed by atoms with van der Waals surface area (Å²) >= 11 is 1.26. The van der Waals surface area contributed by atoms with Crippen LogP contribution in [0.3, 0.4) is 0 Å². The van der Waals surface area contributed by atoms with Crippen LogP contribution in [0.15, 0.2) is 53.7 Å². The van der Waals surface area contributed by atoms with E-state index in [1.807, 2.05) is 17.0 Å². The van der Waals surface area contributed by atoms with Gasteiger partial charge in [0.05, 0.1) is 5.75 Å². The summed E-state index contributed by atoms with van der Waals surface area (Å²) in [7, 11) is 0. The molecule has 1 aliphatic rings. The van der Waals surface area contributed by atoms with E-state index in [0.717, 1.165) is 18.8 Å². The number of rotatable bonds is 4. The molecule has 2 aromatic rings. The van der Waals surface area contributed by atoms with Gasteiger partial charge in [0.2, 0.25) is 5.91 Å². The van der Waals surface area contributed by atoms with Crippen LogP contribution in [0.2, 0.25) is 0 Å². The van der Waals surface area contributed by atoms with Crippen molar-refractivity contribution in [2.45, 2.75) is 4.90 Å². The van der Waals surface area contributed by atoms with Crippen LogP contribution < -0.4 is 4.90 Å². The number of thioether (sulfide) groups is 1. The first-order chi connectivity index (χ1) is 11.2. The van der Waals surface area contributed by atoms with E-state index in [-0.39, 0.29) is 17.5 Å². The molecule has 0 radical (unpaired) electrons. The Morgan fingerprint density at radius 2 is 1.78 bits per heavy atom. The zero-order valence-corrected chi connectivity index (χ0v) is 13.5. The molecular formula is C17H18FN3OS. The molecule has 3 rings (SSSR count). The highest BCUT2D eigenvalue weighted by Gasteiger charge is 2.21. The SMILES string of the molecule is O=C(CSc1ccccc1F)N1CCN(c2ccncc2)CC1. The second kappa shape index (κ2) is 7.46. The highest BCUT2D eigenvalue weighted by molar-refractivity contribution is 8.00. The Labute approximate surface area is 139 Å². The van der Waals surface area contributed by atoms with E-state index in [9.17, 15) is 9.18 Å². The highest BCUT2D eigenvalue weighted by atomic mass is 32.2. The first-order valence-corrected chi connectivity index (χ1v) is 8.52. The van der Waals surface area contributed by atoms with Crippen LogP contribution in [0, 0.1) is 5.82 Å². The van der Waals surface area contributed by atoms with Gasteiger partial charge in [-0.1, -0.05) is 12.1 Å². The van der Waals surface area contributed by atoms with Crippen LogP contribution in [0.25, 0.3) is 0 Å². The lowest BCUT2D eigenvalue weighted by Crippen LogP contribution is -2.49. The maximum absolute atomic E-state index is 13.6. The molecule has 1 fully saturated rings. The molecule has 120 valence electrons. The van der Waals surface area contributed by atoms with Crippen molar-refractivity contribution in [1.82, 2.24) is 9.88 Å². The van der Waals surface area contributed by atoms with Gasteiger partial charge in [-0.15, -0.1) is 11.8 Å². The second-order valence-corrected chi connectivity index (χ2v) is 6.31. The number of carbonyl (C=O) groups excluding carboxylic acids is 1. The van der Waals surface area contributed by atoms with Crippen LogP contribution in [-0.2, 0) is 4.79 Å². The van der Waals surface area contributed by atoms with Crippen LogP contribution in [0.5, 0.6) is 0 Å². The molecule has 0 atom stereocenters. The molecule has 1 aromatic heterocycles. The van der Waals surface area contributed by atoms with Crippen molar-refractivity contribution in [2.75, 3.05) is 36.8 Å². The monoisotopic (exact) mass is 331 g/mol. The summed E-state index contributed by atoms with van der Waals surface area (Å²) in [5.74, 6) is 0.0661. The van der Waals surface area contributed by atoms with Gasteiger partial charge < -0.3 is 9.80 Å². The fourth-order valence-corrected chi connectivity index (χ4v) is 3.40. The predicted octanol–water partition coefficient (Wildman–Crippen LogP) is 2.66. The number of aromatic nitrogens is 1. The molecule has 0 N–H and O–H groups in total. The number of carbonyl (C=O) groups is 1. The normalized spacial score (nSPS) is 14.8. The fourth-order valence-electron chi connectivity index (χ4n) is 2.56. The number of amides is 1. The molecule has 6 heteroatoms. The average Bonchev–Trinajstić information content (AvgIpc) is 2.62. The van der Waals surface area contributed by atoms with Crippen molar-refractivity contribution in [3.63, 3.8) is 0 Å². The smallest absolute Gasteiger partial charge is 0.233 e. The lowest BCUT2D eigenvalue weighted by Gasteiger charge is -2.36. The number of benzene rings is 1. The van der Waals surface area contributed by atoms with Gasteiger partial charge in [-0.3, -0.25) is 9.78 Å². The third-order valence-corrected chi connectivity index (χ3v) is 4.88. The minimum Gasteiger partial charge on any atom is -0.368 e. The third kappa shape index (κ3) is 4.01. The summed E-state index contributed by atoms with van der Waals surface area (Å²) < 4.78 is 13.6. The second-order valence-electron chi connectivity index (χ2n) is 5.29. The molecule has 1 amide bonds. The van der Waals surface area contributed by atoms with Gasteiger partial charge >= 0.3 is 0 Å². The Hall–Kier alpha value is -2.08. The van der Waals surface area contributed by atoms with Gasteiger partial charge in [0, 0.05) is 49.2 Å². The Kier molecular flexibility index (Phi) is 5.12. The molecule has 1 saturated heterocycles. The molecule has 0 aliphatic carbocycles. The van der Waals surface area contributed by atoms with Crippen LogP contribution in [-0.4, -0.2) is 47.7 Å². The van der Waals surface area contributed by atoms with Crippen molar-refractivity contribution < 1.29 is 9.18 Å². The number of halogens is 1. The van der Waals surface area contributed by atoms with Gasteiger partial charge in [-0.25, -0.2) is 4.39 Å². The van der Waals surface area contributed by atoms with E-state index in [2.05, 4.69) is 9.88 Å². The van der Waals surface area contributed by atoms with E-state index in [1.165, 1.54) is 17.8 Å². The van der Waals surface area contributed by atoms with Crippen molar-refractivity contribution in [2.24, 2.45) is 0 Å². The standard InChI is InChI=1S/C17H18FN3OS/c18-15-3-1-2-4-16(15)23-13-17(22)21-11-9-20(10-12-21)14-5-7-19-8-6-14/h1-8H,9-13H2. The highest BCUT2D eigenvalue weighted by Crippen LogP contribution is 2.22. The first-order valence-electron chi connectivity index (χ1n) is 7.54. The molecule has 2 heterocycles. The summed E-state index contributed by atoms with van der Waals surface area (Å²) in [5, 5.41) is 0. The van der Waals surface area contributed by atoms with E-state index >= 15 is 0 Å². The average molecular weight is 331 g/mol. The third-order valence-electron chi connectivity index (χ3n) is 3.85. The molecule has 0 unspecified atom stereocenters. The summed E-state index contributed by atoms with van der Waals surface area (Å²) in [6.07, 6.45) is 3.55. The maximum atomic E-state index is 13.6. The Morgan fingerprint density at radius 3 is 2.48 bits per heavy atom. The van der Waals surface area contributed by atoms with E-state index in [4.69, 9.17) is 0 Å². The first kappa shape index (κ1) is 15.8. The molecule has 1 aliphatic heterocycles. The summed E-state index contributed by atoms with van der Waals surface area (Å²) in [6, 6.07) is 10.5. The van der Waals surface area contributed by atoms with Crippen molar-refractivity contribution in [3.05, 3.63) is 54.6 Å². The Bertz CT molecular complexity index is 660. The minimum absolute atomic E-state index is 0.0626. The number of hydrogen-bond donors (Lipinski definition) is 0. The number of anilines is 1. The number of nitrogens with zero attached hydrogens (tertiary/aromatic N) is 3. The van der Waals surface area contributed by atoms with Crippen molar-refractivity contribution in [3.8, 4) is 0 Å². The zero-order chi connectivity index (χ0) is 16.1. The van der Waals surface area contributed by atoms with Gasteiger partial charge in [-0.05, 0) is 24.3 Å².